The Morgan fingerprint density at radius 1 is 1.27 bits per heavy atom. The Labute approximate surface area is 154 Å². The van der Waals surface area contributed by atoms with E-state index in [2.05, 4.69) is 6.92 Å². The number of hydrogen-bond donors (Lipinski definition) is 0. The van der Waals surface area contributed by atoms with Crippen molar-refractivity contribution in [2.75, 3.05) is 0 Å². The Morgan fingerprint density at radius 2 is 2.04 bits per heavy atom. The van der Waals surface area contributed by atoms with E-state index >= 15 is 0 Å². The highest BCUT2D eigenvalue weighted by Crippen LogP contribution is 2.62. The fourth-order valence-corrected chi connectivity index (χ4v) is 6.42. The van der Waals surface area contributed by atoms with Crippen molar-refractivity contribution in [1.29, 1.82) is 0 Å². The monoisotopic (exact) mass is 357 g/mol. The number of nitrogens with zero attached hydrogens (tertiary/aromatic N) is 1. The van der Waals surface area contributed by atoms with Crippen LogP contribution in [0, 0.1) is 34.3 Å². The van der Waals surface area contributed by atoms with Crippen molar-refractivity contribution in [3.05, 3.63) is 38.9 Å². The number of aryl methyl sites for hydroxylation is 1. The van der Waals surface area contributed by atoms with Crippen LogP contribution in [0.25, 0.3) is 0 Å². The molecule has 4 rings (SSSR count). The Kier molecular flexibility index (Phi) is 4.08. The van der Waals surface area contributed by atoms with Crippen LogP contribution in [-0.4, -0.2) is 17.0 Å². The molecule has 5 heteroatoms. The normalized spacial score (nSPS) is 35.2. The Morgan fingerprint density at radius 3 is 2.73 bits per heavy atom. The predicted molar refractivity (Wildman–Crippen MR) is 98.0 cm³/mol. The van der Waals surface area contributed by atoms with E-state index in [4.69, 9.17) is 4.74 Å². The molecule has 3 aliphatic rings. The minimum absolute atomic E-state index is 0.0264. The first-order chi connectivity index (χ1) is 12.3. The lowest BCUT2D eigenvalue weighted by molar-refractivity contribution is -0.385. The number of rotatable bonds is 2. The second-order valence-electron chi connectivity index (χ2n) is 8.68. The summed E-state index contributed by atoms with van der Waals surface area (Å²) in [5, 5.41) is 11.4. The van der Waals surface area contributed by atoms with Crippen LogP contribution in [0.5, 0.6) is 0 Å². The number of carbonyl (C=O) groups excluding carboxylic acids is 1. The summed E-state index contributed by atoms with van der Waals surface area (Å²) in [6.45, 7) is 5.72. The van der Waals surface area contributed by atoms with Gasteiger partial charge in [0, 0.05) is 24.0 Å². The van der Waals surface area contributed by atoms with Gasteiger partial charge in [-0.1, -0.05) is 13.0 Å². The Balaban J connectivity index is 1.69. The van der Waals surface area contributed by atoms with Gasteiger partial charge in [0.05, 0.1) is 4.92 Å². The smallest absolute Gasteiger partial charge is 0.302 e. The van der Waals surface area contributed by atoms with E-state index in [0.717, 1.165) is 44.1 Å². The molecule has 140 valence electrons. The van der Waals surface area contributed by atoms with Crippen molar-refractivity contribution in [2.45, 2.75) is 71.3 Å². The molecule has 0 aromatic heterocycles. The van der Waals surface area contributed by atoms with Gasteiger partial charge in [-0.2, -0.15) is 0 Å². The fraction of sp³-hybridized carbons (Fsp3) is 0.667. The van der Waals surface area contributed by atoms with Gasteiger partial charge in [-0.05, 0) is 74.3 Å². The number of nitro benzene ring substituents is 1. The molecule has 2 fully saturated rings. The van der Waals surface area contributed by atoms with Gasteiger partial charge in [0.25, 0.3) is 5.69 Å². The topological polar surface area (TPSA) is 69.4 Å². The minimum atomic E-state index is -0.252. The summed E-state index contributed by atoms with van der Waals surface area (Å²) in [6.07, 6.45) is 6.27. The van der Waals surface area contributed by atoms with Gasteiger partial charge >= 0.3 is 5.97 Å². The summed E-state index contributed by atoms with van der Waals surface area (Å²) < 4.78 is 5.68. The highest BCUT2D eigenvalue weighted by molar-refractivity contribution is 5.66. The number of carbonyl (C=O) groups is 1. The highest BCUT2D eigenvalue weighted by atomic mass is 16.6. The molecule has 1 aromatic carbocycles. The molecule has 0 radical (unpaired) electrons. The molecule has 0 spiro atoms. The van der Waals surface area contributed by atoms with Crippen molar-refractivity contribution in [1.82, 2.24) is 0 Å². The average molecular weight is 357 g/mol. The van der Waals surface area contributed by atoms with E-state index in [1.807, 2.05) is 13.0 Å². The van der Waals surface area contributed by atoms with Crippen LogP contribution in [0.15, 0.2) is 12.1 Å². The maximum atomic E-state index is 11.5. The third-order valence-electron chi connectivity index (χ3n) is 7.55. The third-order valence-corrected chi connectivity index (χ3v) is 7.55. The number of esters is 1. The van der Waals surface area contributed by atoms with E-state index in [-0.39, 0.29) is 28.1 Å². The first kappa shape index (κ1) is 17.5. The maximum absolute atomic E-state index is 11.5. The number of ether oxygens (including phenoxy) is 1. The number of hydrogen-bond acceptors (Lipinski definition) is 4. The quantitative estimate of drug-likeness (QED) is 0.437. The molecule has 2 saturated carbocycles. The van der Waals surface area contributed by atoms with E-state index in [9.17, 15) is 14.9 Å². The number of nitro groups is 1. The van der Waals surface area contributed by atoms with Crippen LogP contribution in [0.1, 0.15) is 68.6 Å². The number of fused-ring (bicyclic) bond motifs is 5. The SMILES string of the molecule is CC(=O)O[C@H]1CC[C@H]2[C@@H]3CCc4ccc([N+](=O)[O-])c(C)c4[C@H]3CC[C@]12C. The molecule has 1 aromatic rings. The van der Waals surface area contributed by atoms with Gasteiger partial charge in [-0.15, -0.1) is 0 Å². The van der Waals surface area contributed by atoms with Crippen LogP contribution < -0.4 is 0 Å². The third kappa shape index (κ3) is 2.47. The molecule has 0 aliphatic heterocycles. The summed E-state index contributed by atoms with van der Waals surface area (Å²) in [4.78, 5) is 22.7. The fourth-order valence-electron chi connectivity index (χ4n) is 6.42. The van der Waals surface area contributed by atoms with Crippen molar-refractivity contribution >= 4 is 11.7 Å². The van der Waals surface area contributed by atoms with Crippen molar-refractivity contribution in [3.8, 4) is 0 Å². The molecule has 5 atom stereocenters. The molecule has 0 saturated heterocycles. The van der Waals surface area contributed by atoms with Gasteiger partial charge in [-0.3, -0.25) is 14.9 Å². The van der Waals surface area contributed by atoms with Gasteiger partial charge in [-0.25, -0.2) is 0 Å². The molecular weight excluding hydrogens is 330 g/mol. The van der Waals surface area contributed by atoms with Crippen molar-refractivity contribution in [2.24, 2.45) is 17.3 Å². The summed E-state index contributed by atoms with van der Waals surface area (Å²) in [5.74, 6) is 1.31. The van der Waals surface area contributed by atoms with Crippen molar-refractivity contribution < 1.29 is 14.5 Å². The van der Waals surface area contributed by atoms with E-state index in [1.54, 1.807) is 6.07 Å². The lowest BCUT2D eigenvalue weighted by atomic mass is 9.55. The summed E-state index contributed by atoms with van der Waals surface area (Å²) >= 11 is 0. The van der Waals surface area contributed by atoms with Crippen molar-refractivity contribution in [3.63, 3.8) is 0 Å². The Hall–Kier alpha value is -1.91. The first-order valence-electron chi connectivity index (χ1n) is 9.77. The summed E-state index contributed by atoms with van der Waals surface area (Å²) in [6, 6.07) is 3.65. The van der Waals surface area contributed by atoms with Gasteiger partial charge in [0.2, 0.25) is 0 Å². The summed E-state index contributed by atoms with van der Waals surface area (Å²) in [7, 11) is 0. The van der Waals surface area contributed by atoms with Gasteiger partial charge in [0.1, 0.15) is 6.10 Å². The summed E-state index contributed by atoms with van der Waals surface area (Å²) in [5.41, 5.74) is 3.71. The van der Waals surface area contributed by atoms with Crippen LogP contribution in [-0.2, 0) is 16.0 Å². The largest absolute Gasteiger partial charge is 0.462 e. The van der Waals surface area contributed by atoms with E-state index < -0.39 is 0 Å². The van der Waals surface area contributed by atoms with Crippen LogP contribution in [0.4, 0.5) is 5.69 Å². The molecule has 0 N–H and O–H groups in total. The minimum Gasteiger partial charge on any atom is -0.462 e. The zero-order chi connectivity index (χ0) is 18.6. The molecule has 3 aliphatic carbocycles. The molecule has 0 amide bonds. The highest BCUT2D eigenvalue weighted by Gasteiger charge is 2.56. The molecule has 26 heavy (non-hydrogen) atoms. The molecule has 0 unspecified atom stereocenters. The van der Waals surface area contributed by atoms with E-state index in [1.165, 1.54) is 18.1 Å². The van der Waals surface area contributed by atoms with E-state index in [0.29, 0.717) is 17.8 Å². The zero-order valence-corrected chi connectivity index (χ0v) is 15.8. The molecule has 0 heterocycles. The Bertz CT molecular complexity index is 774. The van der Waals surface area contributed by atoms with Gasteiger partial charge in [0.15, 0.2) is 0 Å². The molecule has 0 bridgehead atoms. The zero-order valence-electron chi connectivity index (χ0n) is 15.8. The second-order valence-corrected chi connectivity index (χ2v) is 8.68. The van der Waals surface area contributed by atoms with Gasteiger partial charge < -0.3 is 4.74 Å². The lowest BCUT2D eigenvalue weighted by Crippen LogP contribution is -2.45. The standard InChI is InChI=1S/C21H27NO4/c1-12-18(22(24)25)8-5-14-4-6-15-16(20(12)14)10-11-21(3)17(15)7-9-19(21)26-13(2)23/h5,8,15-17,19H,4,6-7,9-11H2,1-3H3/t15-,16+,17+,19+,21+/m1/s1. The second kappa shape index (κ2) is 6.07. The first-order valence-corrected chi connectivity index (χ1v) is 9.77. The van der Waals surface area contributed by atoms with Crippen LogP contribution in [0.3, 0.4) is 0 Å². The maximum Gasteiger partial charge on any atom is 0.302 e. The predicted octanol–water partition coefficient (Wildman–Crippen LogP) is 4.69. The lowest BCUT2D eigenvalue weighted by Gasteiger charge is -2.50. The average Bonchev–Trinajstić information content (AvgIpc) is 2.90. The molecule has 5 nitrogen and oxygen atoms in total. The number of benzene rings is 1. The van der Waals surface area contributed by atoms with Crippen LogP contribution in [0.2, 0.25) is 0 Å². The molecular formula is C21H27NO4. The van der Waals surface area contributed by atoms with Crippen LogP contribution >= 0.6 is 0 Å².